The van der Waals surface area contributed by atoms with Crippen LogP contribution in [0.5, 0.6) is 0 Å². The molecule has 31 heavy (non-hydrogen) atoms. The van der Waals surface area contributed by atoms with Crippen molar-refractivity contribution in [2.75, 3.05) is 0 Å². The SMILES string of the molecule is O=C1NC(=O)C(C(c2cccc(Br)c2)C2CC2)N1.O=CC(c1cccc(Br)c1)C1CC1. The van der Waals surface area contributed by atoms with Crippen molar-refractivity contribution >= 4 is 50.1 Å². The molecule has 5 nitrogen and oxygen atoms in total. The van der Waals surface area contributed by atoms with Crippen LogP contribution in [-0.4, -0.2) is 24.3 Å². The van der Waals surface area contributed by atoms with Gasteiger partial charge in [0.25, 0.3) is 5.91 Å². The van der Waals surface area contributed by atoms with Gasteiger partial charge in [0, 0.05) is 20.8 Å². The third-order valence-electron chi connectivity index (χ3n) is 6.04. The van der Waals surface area contributed by atoms with Gasteiger partial charge < -0.3 is 10.1 Å². The Morgan fingerprint density at radius 2 is 1.45 bits per heavy atom. The maximum absolute atomic E-state index is 11.8. The van der Waals surface area contributed by atoms with E-state index in [9.17, 15) is 14.4 Å². The molecule has 3 unspecified atom stereocenters. The second kappa shape index (κ2) is 9.65. The van der Waals surface area contributed by atoms with Gasteiger partial charge in [-0.05, 0) is 72.9 Å². The lowest BCUT2D eigenvalue weighted by Crippen LogP contribution is -2.36. The predicted octanol–water partition coefficient (Wildman–Crippen LogP) is 5.29. The highest BCUT2D eigenvalue weighted by molar-refractivity contribution is 9.10. The summed E-state index contributed by atoms with van der Waals surface area (Å²) in [5.41, 5.74) is 2.25. The number of aldehydes is 1. The van der Waals surface area contributed by atoms with Crippen LogP contribution in [0.25, 0.3) is 0 Å². The molecule has 0 radical (unpaired) electrons. The molecule has 2 saturated carbocycles. The molecule has 0 spiro atoms. The molecule has 3 amide bonds. The van der Waals surface area contributed by atoms with Gasteiger partial charge in [0.1, 0.15) is 12.3 Å². The van der Waals surface area contributed by atoms with Gasteiger partial charge in [0.2, 0.25) is 0 Å². The number of imide groups is 1. The molecular formula is C24H24Br2N2O3. The van der Waals surface area contributed by atoms with E-state index >= 15 is 0 Å². The first-order valence-corrected chi connectivity index (χ1v) is 12.1. The average Bonchev–Trinajstić information content (AvgIpc) is 3.64. The fourth-order valence-electron chi connectivity index (χ4n) is 4.22. The van der Waals surface area contributed by atoms with Gasteiger partial charge in [-0.3, -0.25) is 10.1 Å². The fraction of sp³-hybridized carbons (Fsp3) is 0.375. The summed E-state index contributed by atoms with van der Waals surface area (Å²) in [6.45, 7) is 0. The van der Waals surface area contributed by atoms with Crippen LogP contribution in [0.2, 0.25) is 0 Å². The van der Waals surface area contributed by atoms with Crippen molar-refractivity contribution in [2.24, 2.45) is 11.8 Å². The predicted molar refractivity (Wildman–Crippen MR) is 126 cm³/mol. The van der Waals surface area contributed by atoms with Gasteiger partial charge in [-0.25, -0.2) is 4.79 Å². The molecule has 3 atom stereocenters. The van der Waals surface area contributed by atoms with E-state index in [1.165, 1.54) is 12.8 Å². The molecule has 3 fully saturated rings. The number of amides is 3. The maximum atomic E-state index is 11.8. The van der Waals surface area contributed by atoms with E-state index in [0.29, 0.717) is 11.8 Å². The lowest BCUT2D eigenvalue weighted by atomic mass is 9.87. The lowest BCUT2D eigenvalue weighted by molar-refractivity contribution is -0.120. The highest BCUT2D eigenvalue weighted by Gasteiger charge is 2.44. The first-order chi connectivity index (χ1) is 15.0. The van der Waals surface area contributed by atoms with E-state index in [-0.39, 0.29) is 23.8 Å². The molecular weight excluding hydrogens is 524 g/mol. The van der Waals surface area contributed by atoms with Crippen molar-refractivity contribution in [3.63, 3.8) is 0 Å². The molecule has 0 aromatic heterocycles. The molecule has 5 rings (SSSR count). The number of carbonyl (C=O) groups excluding carboxylic acids is 3. The molecule has 1 aliphatic heterocycles. The number of hydrogen-bond acceptors (Lipinski definition) is 3. The number of halogens is 2. The Labute approximate surface area is 198 Å². The van der Waals surface area contributed by atoms with Gasteiger partial charge in [-0.15, -0.1) is 0 Å². The van der Waals surface area contributed by atoms with Gasteiger partial charge in [0.05, 0.1) is 0 Å². The zero-order valence-corrected chi connectivity index (χ0v) is 20.1. The van der Waals surface area contributed by atoms with E-state index in [2.05, 4.69) is 42.5 Å². The first kappa shape index (κ1) is 22.2. The normalized spacial score (nSPS) is 21.9. The third-order valence-corrected chi connectivity index (χ3v) is 7.02. The smallest absolute Gasteiger partial charge is 0.322 e. The molecule has 2 aliphatic carbocycles. The molecule has 0 bridgehead atoms. The number of benzene rings is 2. The quantitative estimate of drug-likeness (QED) is 0.381. The Kier molecular flexibility index (Phi) is 6.92. The van der Waals surface area contributed by atoms with Gasteiger partial charge in [-0.1, -0.05) is 56.1 Å². The largest absolute Gasteiger partial charge is 0.325 e. The standard InChI is InChI=1S/C13H13BrN2O2.C11H11BrO/c14-9-3-1-2-8(6-9)10(7-4-5-7)11-12(17)16-13(18)15-11;12-10-3-1-2-9(6-10)11(7-13)8-4-5-8/h1-3,6-7,10-11H,4-5H2,(H2,15,16,17,18);1-3,6-8,11H,4-5H2. The van der Waals surface area contributed by atoms with Crippen molar-refractivity contribution in [1.82, 2.24) is 10.6 Å². The van der Waals surface area contributed by atoms with Crippen LogP contribution in [0.15, 0.2) is 57.5 Å². The van der Waals surface area contributed by atoms with E-state index < -0.39 is 6.04 Å². The Hall–Kier alpha value is -1.99. The van der Waals surface area contributed by atoms with Gasteiger partial charge in [0.15, 0.2) is 0 Å². The van der Waals surface area contributed by atoms with Gasteiger partial charge >= 0.3 is 6.03 Å². The van der Waals surface area contributed by atoms with Crippen LogP contribution in [0.3, 0.4) is 0 Å². The average molecular weight is 548 g/mol. The van der Waals surface area contributed by atoms with E-state index in [0.717, 1.165) is 39.2 Å². The monoisotopic (exact) mass is 546 g/mol. The topological polar surface area (TPSA) is 75.3 Å². The number of rotatable bonds is 6. The van der Waals surface area contributed by atoms with Crippen molar-refractivity contribution < 1.29 is 14.4 Å². The zero-order chi connectivity index (χ0) is 22.0. The molecule has 2 N–H and O–H groups in total. The highest BCUT2D eigenvalue weighted by Crippen LogP contribution is 2.45. The minimum atomic E-state index is -0.431. The summed E-state index contributed by atoms with van der Waals surface area (Å²) < 4.78 is 2.05. The number of nitrogens with one attached hydrogen (secondary N) is 2. The molecule has 7 heteroatoms. The Morgan fingerprint density at radius 1 is 0.871 bits per heavy atom. The minimum absolute atomic E-state index is 0.0777. The third kappa shape index (κ3) is 5.63. The van der Waals surface area contributed by atoms with Crippen molar-refractivity contribution in [3.05, 3.63) is 68.6 Å². The van der Waals surface area contributed by atoms with Crippen LogP contribution in [0.1, 0.15) is 48.6 Å². The van der Waals surface area contributed by atoms with Crippen molar-refractivity contribution in [3.8, 4) is 0 Å². The first-order valence-electron chi connectivity index (χ1n) is 10.5. The number of urea groups is 1. The molecule has 3 aliphatic rings. The molecule has 2 aromatic rings. The second-order valence-corrected chi connectivity index (χ2v) is 10.2. The minimum Gasteiger partial charge on any atom is -0.325 e. The summed E-state index contributed by atoms with van der Waals surface area (Å²) in [6.07, 6.45) is 5.74. The van der Waals surface area contributed by atoms with Crippen LogP contribution in [0.4, 0.5) is 4.79 Å². The summed E-state index contributed by atoms with van der Waals surface area (Å²) in [4.78, 5) is 34.0. The van der Waals surface area contributed by atoms with Gasteiger partial charge in [-0.2, -0.15) is 0 Å². The Morgan fingerprint density at radius 3 is 1.94 bits per heavy atom. The molecule has 162 valence electrons. The fourth-order valence-corrected chi connectivity index (χ4v) is 5.06. The highest BCUT2D eigenvalue weighted by atomic mass is 79.9. The van der Waals surface area contributed by atoms with Crippen LogP contribution >= 0.6 is 31.9 Å². The van der Waals surface area contributed by atoms with Crippen LogP contribution in [-0.2, 0) is 9.59 Å². The van der Waals surface area contributed by atoms with Crippen molar-refractivity contribution in [1.29, 1.82) is 0 Å². The van der Waals surface area contributed by atoms with Crippen molar-refractivity contribution in [2.45, 2.75) is 43.6 Å². The number of hydrogen-bond donors (Lipinski definition) is 2. The second-order valence-electron chi connectivity index (χ2n) is 8.41. The van der Waals surface area contributed by atoms with Crippen LogP contribution in [0, 0.1) is 11.8 Å². The summed E-state index contributed by atoms with van der Waals surface area (Å²) in [5, 5.41) is 5.04. The summed E-state index contributed by atoms with van der Waals surface area (Å²) in [6, 6.07) is 15.2. The zero-order valence-electron chi connectivity index (χ0n) is 16.9. The molecule has 1 heterocycles. The van der Waals surface area contributed by atoms with E-state index in [1.54, 1.807) is 0 Å². The Balaban J connectivity index is 0.000000158. The van der Waals surface area contributed by atoms with E-state index in [1.807, 2.05) is 48.5 Å². The maximum Gasteiger partial charge on any atom is 0.322 e. The molecule has 2 aromatic carbocycles. The van der Waals surface area contributed by atoms with Crippen LogP contribution < -0.4 is 10.6 Å². The lowest BCUT2D eigenvalue weighted by Gasteiger charge is -2.21. The Bertz CT molecular complexity index is 988. The summed E-state index contributed by atoms with van der Waals surface area (Å²) in [7, 11) is 0. The van der Waals surface area contributed by atoms with E-state index in [4.69, 9.17) is 0 Å². The summed E-state index contributed by atoms with van der Waals surface area (Å²) >= 11 is 6.86. The number of carbonyl (C=O) groups is 3. The summed E-state index contributed by atoms with van der Waals surface area (Å²) in [5.74, 6) is 1.09. The molecule has 1 saturated heterocycles.